The maximum absolute atomic E-state index is 13.2. The zero-order chi connectivity index (χ0) is 23.5. The number of aliphatic hydroxyl groups is 1. The molecule has 1 aromatic heterocycles. The molecule has 3 rings (SSSR count). The van der Waals surface area contributed by atoms with Gasteiger partial charge in [0.25, 0.3) is 0 Å². The van der Waals surface area contributed by atoms with Crippen LogP contribution in [0.1, 0.15) is 21.6 Å². The predicted octanol–water partition coefficient (Wildman–Crippen LogP) is 1.90. The topological polar surface area (TPSA) is 100 Å². The molecule has 1 aliphatic heterocycles. The van der Waals surface area contributed by atoms with Gasteiger partial charge in [0, 0.05) is 19.6 Å². The lowest BCUT2D eigenvalue weighted by atomic mass is 10.1. The monoisotopic (exact) mass is 473 g/mol. The Hall–Kier alpha value is -2.70. The normalized spacial score (nSPS) is 17.5. The second-order valence-electron chi connectivity index (χ2n) is 7.23. The van der Waals surface area contributed by atoms with Crippen molar-refractivity contribution >= 4 is 21.6 Å². The number of halogens is 3. The first kappa shape index (κ1) is 24.0. The van der Waals surface area contributed by atoms with E-state index < -0.39 is 34.0 Å². The van der Waals surface area contributed by atoms with Gasteiger partial charge in [0.1, 0.15) is 11.5 Å². The van der Waals surface area contributed by atoms with Crippen molar-refractivity contribution in [3.8, 4) is 0 Å². The zero-order valence-corrected chi connectivity index (χ0v) is 17.9. The number of benzene rings is 1. The first-order valence-electron chi connectivity index (χ1n) is 9.61. The molecule has 1 atom stereocenters. The number of rotatable bonds is 6. The molecule has 8 nitrogen and oxygen atoms in total. The van der Waals surface area contributed by atoms with Gasteiger partial charge in [-0.15, -0.1) is 0 Å². The summed E-state index contributed by atoms with van der Waals surface area (Å²) in [5.74, 6) is -0.996. The Kier molecular flexibility index (Phi) is 7.06. The number of aromatic nitrogens is 1. The summed E-state index contributed by atoms with van der Waals surface area (Å²) in [6, 6.07) is 9.51. The number of ether oxygens (including phenoxy) is 1. The maximum atomic E-state index is 13.2. The molecule has 32 heavy (non-hydrogen) atoms. The van der Waals surface area contributed by atoms with E-state index in [-0.39, 0.29) is 37.0 Å². The smallest absolute Gasteiger partial charge is 0.433 e. The second kappa shape index (κ2) is 9.43. The largest absolute Gasteiger partial charge is 0.465 e. The third kappa shape index (κ3) is 5.75. The van der Waals surface area contributed by atoms with Crippen molar-refractivity contribution in [2.75, 3.05) is 36.6 Å². The molecule has 1 fully saturated rings. The van der Waals surface area contributed by atoms with Crippen LogP contribution in [0, 0.1) is 0 Å². The van der Waals surface area contributed by atoms with Gasteiger partial charge in [0.15, 0.2) is 16.2 Å². The van der Waals surface area contributed by atoms with Gasteiger partial charge in [0.2, 0.25) is 0 Å². The Bertz CT molecular complexity index is 1050. The quantitative estimate of drug-likeness (QED) is 0.502. The van der Waals surface area contributed by atoms with E-state index in [4.69, 9.17) is 0 Å². The van der Waals surface area contributed by atoms with Crippen molar-refractivity contribution in [2.24, 2.45) is 0 Å². The van der Waals surface area contributed by atoms with Crippen LogP contribution in [0.4, 0.5) is 19.0 Å². The molecule has 0 amide bonds. The van der Waals surface area contributed by atoms with Gasteiger partial charge in [0.05, 0.1) is 24.2 Å². The summed E-state index contributed by atoms with van der Waals surface area (Å²) >= 11 is 0. The molecule has 174 valence electrons. The number of esters is 1. The Labute approximate surface area is 183 Å². The van der Waals surface area contributed by atoms with Crippen LogP contribution in [0.25, 0.3) is 0 Å². The highest BCUT2D eigenvalue weighted by Crippen LogP contribution is 2.30. The van der Waals surface area contributed by atoms with Gasteiger partial charge in [-0.1, -0.05) is 18.2 Å². The van der Waals surface area contributed by atoms with E-state index in [1.54, 1.807) is 12.1 Å². The number of alkyl halides is 3. The van der Waals surface area contributed by atoms with Crippen molar-refractivity contribution in [3.05, 3.63) is 59.3 Å². The minimum Gasteiger partial charge on any atom is -0.465 e. The van der Waals surface area contributed by atoms with E-state index in [9.17, 15) is 31.5 Å². The number of aliphatic hydroxyl groups excluding tert-OH is 1. The van der Waals surface area contributed by atoms with Crippen LogP contribution >= 0.6 is 0 Å². The summed E-state index contributed by atoms with van der Waals surface area (Å²) in [6.07, 6.45) is -6.09. The second-order valence-corrected chi connectivity index (χ2v) is 9.53. The highest BCUT2D eigenvalue weighted by Gasteiger charge is 2.34. The average Bonchev–Trinajstić information content (AvgIpc) is 2.76. The van der Waals surface area contributed by atoms with E-state index in [0.717, 1.165) is 6.07 Å². The molecule has 0 saturated carbocycles. The summed E-state index contributed by atoms with van der Waals surface area (Å²) in [7, 11) is -1.98. The van der Waals surface area contributed by atoms with E-state index in [1.807, 2.05) is 0 Å². The van der Waals surface area contributed by atoms with Crippen LogP contribution < -0.4 is 4.90 Å². The molecule has 0 radical (unpaired) electrons. The molecule has 1 aromatic carbocycles. The summed E-state index contributed by atoms with van der Waals surface area (Å²) in [6.45, 7) is 0.0145. The SMILES string of the molecule is COC(=O)c1ccc(CN(c2cccc(C(F)(F)F)n2)C(O)N2CCS(=O)(=O)CC2)cc1. The van der Waals surface area contributed by atoms with Crippen LogP contribution in [0.2, 0.25) is 0 Å². The number of hydrogen-bond donors (Lipinski definition) is 1. The van der Waals surface area contributed by atoms with Gasteiger partial charge >= 0.3 is 12.1 Å². The minimum atomic E-state index is -4.67. The van der Waals surface area contributed by atoms with Crippen molar-refractivity contribution < 1.29 is 36.2 Å². The van der Waals surface area contributed by atoms with Crippen LogP contribution in [0.3, 0.4) is 0 Å². The highest BCUT2D eigenvalue weighted by molar-refractivity contribution is 7.91. The Morgan fingerprint density at radius 1 is 1.19 bits per heavy atom. The van der Waals surface area contributed by atoms with Crippen molar-refractivity contribution in [2.45, 2.75) is 19.1 Å². The minimum absolute atomic E-state index is 0.0280. The van der Waals surface area contributed by atoms with E-state index in [2.05, 4.69) is 9.72 Å². The van der Waals surface area contributed by atoms with Gasteiger partial charge < -0.3 is 14.7 Å². The number of carbonyl (C=O) groups excluding carboxylic acids is 1. The predicted molar refractivity (Wildman–Crippen MR) is 109 cm³/mol. The van der Waals surface area contributed by atoms with E-state index in [1.165, 1.54) is 41.2 Å². The molecule has 1 saturated heterocycles. The Balaban J connectivity index is 1.91. The highest BCUT2D eigenvalue weighted by atomic mass is 32.2. The molecule has 1 N–H and O–H groups in total. The van der Waals surface area contributed by atoms with E-state index >= 15 is 0 Å². The third-order valence-electron chi connectivity index (χ3n) is 5.03. The van der Waals surface area contributed by atoms with E-state index in [0.29, 0.717) is 11.1 Å². The standard InChI is InChI=1S/C20H22F3N3O5S/c1-31-18(27)15-7-5-14(6-8-15)13-26(17-4-2-3-16(24-17)20(21,22)23)19(28)25-9-11-32(29,30)12-10-25/h2-8,19,28H,9-13H2,1H3. The molecule has 0 bridgehead atoms. The molecule has 1 unspecified atom stereocenters. The van der Waals surface area contributed by atoms with Crippen LogP contribution in [0.5, 0.6) is 0 Å². The Morgan fingerprint density at radius 2 is 1.81 bits per heavy atom. The van der Waals surface area contributed by atoms with Crippen molar-refractivity contribution in [1.82, 2.24) is 9.88 Å². The first-order valence-corrected chi connectivity index (χ1v) is 11.4. The summed E-state index contributed by atoms with van der Waals surface area (Å²) in [4.78, 5) is 18.0. The Morgan fingerprint density at radius 3 is 2.38 bits per heavy atom. The third-order valence-corrected chi connectivity index (χ3v) is 6.64. The lowest BCUT2D eigenvalue weighted by Gasteiger charge is -2.38. The molecule has 12 heteroatoms. The lowest BCUT2D eigenvalue weighted by molar-refractivity contribution is -0.141. The number of hydrogen-bond acceptors (Lipinski definition) is 8. The fourth-order valence-electron chi connectivity index (χ4n) is 3.24. The van der Waals surface area contributed by atoms with Crippen LogP contribution in [0.15, 0.2) is 42.5 Å². The summed E-state index contributed by atoms with van der Waals surface area (Å²) in [5.41, 5.74) is -0.239. The fraction of sp³-hybridized carbons (Fsp3) is 0.400. The number of nitrogens with zero attached hydrogens (tertiary/aromatic N) is 3. The molecule has 2 aromatic rings. The van der Waals surface area contributed by atoms with Gasteiger partial charge in [-0.05, 0) is 29.8 Å². The molecular weight excluding hydrogens is 451 g/mol. The molecule has 1 aliphatic rings. The van der Waals surface area contributed by atoms with Gasteiger partial charge in [-0.3, -0.25) is 4.90 Å². The van der Waals surface area contributed by atoms with Crippen LogP contribution in [-0.2, 0) is 27.3 Å². The zero-order valence-electron chi connectivity index (χ0n) is 17.1. The average molecular weight is 473 g/mol. The molecule has 2 heterocycles. The summed E-state index contributed by atoms with van der Waals surface area (Å²) in [5, 5.41) is 11.0. The summed E-state index contributed by atoms with van der Waals surface area (Å²) < 4.78 is 67.6. The molecular formula is C20H22F3N3O5S. The van der Waals surface area contributed by atoms with Crippen molar-refractivity contribution in [3.63, 3.8) is 0 Å². The number of pyridine rings is 1. The number of methoxy groups -OCH3 is 1. The maximum Gasteiger partial charge on any atom is 0.433 e. The molecule has 0 aliphatic carbocycles. The molecule has 0 spiro atoms. The van der Waals surface area contributed by atoms with Crippen molar-refractivity contribution in [1.29, 1.82) is 0 Å². The fourth-order valence-corrected chi connectivity index (χ4v) is 4.47. The number of carbonyl (C=O) groups is 1. The number of sulfone groups is 1. The van der Waals surface area contributed by atoms with Crippen LogP contribution in [-0.4, -0.2) is 67.4 Å². The lowest BCUT2D eigenvalue weighted by Crippen LogP contribution is -2.54. The number of anilines is 1. The van der Waals surface area contributed by atoms with Gasteiger partial charge in [-0.25, -0.2) is 18.2 Å². The van der Waals surface area contributed by atoms with Gasteiger partial charge in [-0.2, -0.15) is 13.2 Å². The first-order chi connectivity index (χ1) is 15.0.